The molecule has 3 N–H and O–H groups in total. The Balaban J connectivity index is 0.891. The minimum Gasteiger partial charge on any atom is -0.466 e. The number of piperidine rings is 3. The van der Waals surface area contributed by atoms with Crippen LogP contribution in [0.25, 0.3) is 0 Å². The Bertz CT molecular complexity index is 2090. The average molecular weight is 945 g/mol. The SMILES string of the molecule is Nc1c(Cl)cc(C[C@@H](OC(=O)N2CCC(N3CCc4ccccc4NC3=O)CC2)C(=O)N2CCC(N3CCN(C(=O)CCC(=O)OCCCN4CCCCC4=O)CC3)CC2)cc1C(F)(F)F. The number of hydrogen-bond acceptors (Lipinski definition) is 10. The summed E-state index contributed by atoms with van der Waals surface area (Å²) in [5.41, 5.74) is 5.74. The van der Waals surface area contributed by atoms with Crippen LogP contribution in [0.3, 0.4) is 0 Å². The number of likely N-dealkylation sites (tertiary alicyclic amines) is 3. The molecule has 0 aromatic heterocycles. The lowest BCUT2D eigenvalue weighted by atomic mass is 9.99. The quantitative estimate of drug-likeness (QED) is 0.150. The lowest BCUT2D eigenvalue weighted by Crippen LogP contribution is -2.56. The highest BCUT2D eigenvalue weighted by Crippen LogP contribution is 2.38. The number of halogens is 4. The fourth-order valence-corrected chi connectivity index (χ4v) is 9.93. The van der Waals surface area contributed by atoms with Gasteiger partial charge in [0.15, 0.2) is 6.10 Å². The zero-order chi connectivity index (χ0) is 47.0. The van der Waals surface area contributed by atoms with E-state index in [-0.39, 0.29) is 79.5 Å². The second kappa shape index (κ2) is 22.0. The van der Waals surface area contributed by atoms with Gasteiger partial charge in [0, 0.05) is 109 Å². The van der Waals surface area contributed by atoms with Crippen molar-refractivity contribution in [1.29, 1.82) is 0 Å². The van der Waals surface area contributed by atoms with Crippen LogP contribution in [0.2, 0.25) is 5.02 Å². The van der Waals surface area contributed by atoms with Crippen molar-refractivity contribution in [3.05, 3.63) is 58.1 Å². The number of para-hydroxylation sites is 1. The van der Waals surface area contributed by atoms with Crippen LogP contribution in [0.15, 0.2) is 36.4 Å². The number of nitrogens with zero attached hydrogens (tertiary/aromatic N) is 6. The number of ether oxygens (including phenoxy) is 2. The number of fused-ring (bicyclic) bond motifs is 1. The Hall–Kier alpha value is -5.30. The van der Waals surface area contributed by atoms with E-state index in [0.717, 1.165) is 36.7 Å². The maximum Gasteiger partial charge on any atom is 0.418 e. The van der Waals surface area contributed by atoms with Crippen molar-refractivity contribution in [2.24, 2.45) is 0 Å². The van der Waals surface area contributed by atoms with Gasteiger partial charge in [-0.05, 0) is 80.7 Å². The van der Waals surface area contributed by atoms with E-state index in [0.29, 0.717) is 97.3 Å². The van der Waals surface area contributed by atoms with Crippen molar-refractivity contribution in [3.8, 4) is 0 Å². The van der Waals surface area contributed by atoms with Gasteiger partial charge < -0.3 is 45.0 Å². The first-order valence-electron chi connectivity index (χ1n) is 23.1. The third-order valence-corrected chi connectivity index (χ3v) is 13.8. The van der Waals surface area contributed by atoms with Crippen LogP contribution in [0, 0.1) is 0 Å². The van der Waals surface area contributed by atoms with E-state index >= 15 is 0 Å². The number of amides is 6. The molecule has 0 saturated carbocycles. The summed E-state index contributed by atoms with van der Waals surface area (Å²) >= 11 is 6.16. The lowest BCUT2D eigenvalue weighted by Gasteiger charge is -2.43. The summed E-state index contributed by atoms with van der Waals surface area (Å²) in [6, 6.07) is 9.47. The Morgan fingerprint density at radius 3 is 2.23 bits per heavy atom. The van der Waals surface area contributed by atoms with Crippen LogP contribution in [-0.4, -0.2) is 162 Å². The van der Waals surface area contributed by atoms with Crippen LogP contribution in [0.4, 0.5) is 34.1 Å². The Labute approximate surface area is 387 Å². The fourth-order valence-electron chi connectivity index (χ4n) is 9.68. The molecular weight excluding hydrogens is 885 g/mol. The molecule has 0 unspecified atom stereocenters. The summed E-state index contributed by atoms with van der Waals surface area (Å²) in [4.78, 5) is 89.0. The number of carbonyl (C=O) groups is 6. The number of nitrogen functional groups attached to an aromatic ring is 1. The molecule has 360 valence electrons. The first kappa shape index (κ1) is 48.6. The summed E-state index contributed by atoms with van der Waals surface area (Å²) in [5, 5.41) is 2.65. The maximum atomic E-state index is 14.2. The molecule has 0 bridgehead atoms. The van der Waals surface area contributed by atoms with Crippen LogP contribution in [-0.2, 0) is 47.7 Å². The number of urea groups is 1. The van der Waals surface area contributed by atoms with Gasteiger partial charge in [0.25, 0.3) is 5.91 Å². The molecule has 16 nitrogen and oxygen atoms in total. The molecule has 4 saturated heterocycles. The van der Waals surface area contributed by atoms with Gasteiger partial charge in [-0.2, -0.15) is 13.2 Å². The molecule has 20 heteroatoms. The van der Waals surface area contributed by atoms with E-state index in [9.17, 15) is 41.9 Å². The molecule has 0 spiro atoms. The normalized spacial score (nSPS) is 19.8. The van der Waals surface area contributed by atoms with Gasteiger partial charge in [0.05, 0.1) is 29.3 Å². The van der Waals surface area contributed by atoms with Crippen molar-refractivity contribution >= 4 is 58.8 Å². The number of esters is 1. The van der Waals surface area contributed by atoms with Crippen molar-refractivity contribution in [3.63, 3.8) is 0 Å². The summed E-state index contributed by atoms with van der Waals surface area (Å²) in [5.74, 6) is -0.975. The number of benzene rings is 2. The Morgan fingerprint density at radius 1 is 0.818 bits per heavy atom. The molecule has 7 rings (SSSR count). The van der Waals surface area contributed by atoms with Crippen LogP contribution in [0.5, 0.6) is 0 Å². The first-order valence-corrected chi connectivity index (χ1v) is 23.5. The second-order valence-electron chi connectivity index (χ2n) is 17.7. The molecule has 0 radical (unpaired) electrons. The molecule has 2 aromatic carbocycles. The van der Waals surface area contributed by atoms with Gasteiger partial charge in [-0.1, -0.05) is 29.8 Å². The van der Waals surface area contributed by atoms with Gasteiger partial charge in [0.1, 0.15) is 0 Å². The molecule has 1 atom stereocenters. The zero-order valence-corrected chi connectivity index (χ0v) is 38.0. The standard InChI is InChI=1S/C46H60ClF3N8O8/c47-36-29-31(28-35(42(36)51)46(48,49)50)30-38(66-45(64)57-20-14-34(15-21-57)58-22-11-32-6-1-2-7-37(32)52-44(58)63)43(62)56-18-12-33(13-19-56)53-23-25-55(26-24-53)40(60)9-10-41(61)65-27-5-17-54-16-4-3-8-39(54)59/h1-2,6-7,28-29,33-34,38H,3-5,8-27,30,51H2,(H,52,63)/t38-/m1/s1. The third kappa shape index (κ3) is 12.4. The average Bonchev–Trinajstić information content (AvgIpc) is 3.48. The first-order chi connectivity index (χ1) is 31.6. The largest absolute Gasteiger partial charge is 0.466 e. The number of carbonyl (C=O) groups excluding carboxylic acids is 6. The highest BCUT2D eigenvalue weighted by atomic mass is 35.5. The van der Waals surface area contributed by atoms with E-state index in [1.54, 1.807) is 19.6 Å². The van der Waals surface area contributed by atoms with Crippen molar-refractivity contribution < 1.29 is 51.4 Å². The molecule has 4 fully saturated rings. The van der Waals surface area contributed by atoms with Crippen molar-refractivity contribution in [2.45, 2.75) is 101 Å². The highest BCUT2D eigenvalue weighted by Gasteiger charge is 2.39. The summed E-state index contributed by atoms with van der Waals surface area (Å²) in [7, 11) is 0. The molecular formula is C46H60ClF3N8O8. The maximum absolute atomic E-state index is 14.2. The lowest BCUT2D eigenvalue weighted by molar-refractivity contribution is -0.146. The minimum absolute atomic E-state index is 0.0212. The van der Waals surface area contributed by atoms with Gasteiger partial charge in [-0.25, -0.2) is 9.59 Å². The van der Waals surface area contributed by atoms with Crippen LogP contribution < -0.4 is 11.1 Å². The fraction of sp³-hybridized carbons (Fsp3) is 0.609. The molecule has 2 aromatic rings. The van der Waals surface area contributed by atoms with Crippen LogP contribution in [0.1, 0.15) is 80.9 Å². The number of anilines is 2. The van der Waals surface area contributed by atoms with Gasteiger partial charge in [-0.3, -0.25) is 24.1 Å². The third-order valence-electron chi connectivity index (χ3n) is 13.5. The molecule has 5 aliphatic heterocycles. The highest BCUT2D eigenvalue weighted by molar-refractivity contribution is 6.33. The van der Waals surface area contributed by atoms with E-state index in [1.165, 1.54) is 11.0 Å². The minimum atomic E-state index is -4.82. The number of alkyl halides is 3. The summed E-state index contributed by atoms with van der Waals surface area (Å²) in [6.45, 7) is 5.29. The summed E-state index contributed by atoms with van der Waals surface area (Å²) in [6.07, 6.45) is -1.60. The van der Waals surface area contributed by atoms with E-state index in [1.807, 2.05) is 24.3 Å². The number of rotatable bonds is 13. The number of hydrogen-bond donors (Lipinski definition) is 2. The number of piperazine rings is 1. The topological polar surface area (TPSA) is 178 Å². The van der Waals surface area contributed by atoms with Gasteiger partial charge in [0.2, 0.25) is 11.8 Å². The Kier molecular flexibility index (Phi) is 16.2. The van der Waals surface area contributed by atoms with E-state index in [2.05, 4.69) is 10.2 Å². The molecule has 6 amide bonds. The van der Waals surface area contributed by atoms with Crippen molar-refractivity contribution in [1.82, 2.24) is 29.4 Å². The molecule has 0 aliphatic carbocycles. The van der Waals surface area contributed by atoms with E-state index in [4.69, 9.17) is 26.8 Å². The molecule has 5 aliphatic rings. The summed E-state index contributed by atoms with van der Waals surface area (Å²) < 4.78 is 53.1. The van der Waals surface area contributed by atoms with Gasteiger partial charge >= 0.3 is 24.3 Å². The zero-order valence-electron chi connectivity index (χ0n) is 37.2. The number of nitrogens with two attached hydrogens (primary N) is 1. The van der Waals surface area contributed by atoms with Gasteiger partial charge in [-0.15, -0.1) is 0 Å². The van der Waals surface area contributed by atoms with Crippen LogP contribution >= 0.6 is 11.6 Å². The number of nitrogens with one attached hydrogen (secondary N) is 1. The molecule has 66 heavy (non-hydrogen) atoms. The Morgan fingerprint density at radius 2 is 1.52 bits per heavy atom. The second-order valence-corrected chi connectivity index (χ2v) is 18.2. The predicted octanol–water partition coefficient (Wildman–Crippen LogP) is 5.40. The monoisotopic (exact) mass is 944 g/mol. The molecule has 5 heterocycles. The predicted molar refractivity (Wildman–Crippen MR) is 238 cm³/mol. The smallest absolute Gasteiger partial charge is 0.418 e. The van der Waals surface area contributed by atoms with Crippen molar-refractivity contribution in [2.75, 3.05) is 89.6 Å². The van der Waals surface area contributed by atoms with E-state index < -0.39 is 41.5 Å².